The molecule has 4 aromatic carbocycles. The van der Waals surface area contributed by atoms with Crippen LogP contribution in [0.4, 0.5) is 0 Å². The second-order valence-electron chi connectivity index (χ2n) is 9.92. The number of hydrogen-bond acceptors (Lipinski definition) is 5. The Kier molecular flexibility index (Phi) is 9.85. The maximum atomic E-state index is 14.3. The highest BCUT2D eigenvalue weighted by molar-refractivity contribution is 9.10. The van der Waals surface area contributed by atoms with E-state index in [-0.39, 0.29) is 19.1 Å². The third-order valence-electron chi connectivity index (χ3n) is 6.97. The van der Waals surface area contributed by atoms with Crippen molar-refractivity contribution in [2.75, 3.05) is 13.2 Å². The van der Waals surface area contributed by atoms with Gasteiger partial charge in [0.2, 0.25) is 5.90 Å². The van der Waals surface area contributed by atoms with Crippen LogP contribution in [0.5, 0.6) is 5.75 Å². The molecule has 6 nitrogen and oxygen atoms in total. The molecule has 1 amide bonds. The van der Waals surface area contributed by atoms with Gasteiger partial charge in [-0.1, -0.05) is 87.7 Å². The highest BCUT2D eigenvalue weighted by Gasteiger charge is 2.53. The zero-order valence-electron chi connectivity index (χ0n) is 22.6. The van der Waals surface area contributed by atoms with Gasteiger partial charge < -0.3 is 19.9 Å². The maximum Gasteiger partial charge on any atom is 0.252 e. The maximum absolute atomic E-state index is 14.3. The van der Waals surface area contributed by atoms with Crippen molar-refractivity contribution in [2.45, 2.75) is 31.0 Å². The summed E-state index contributed by atoms with van der Waals surface area (Å²) in [5.74, 6) is 0.744. The van der Waals surface area contributed by atoms with Gasteiger partial charge in [0.25, 0.3) is 5.91 Å². The first-order valence-corrected chi connectivity index (χ1v) is 15.0. The molecule has 2 atom stereocenters. The Morgan fingerprint density at radius 2 is 1.74 bits per heavy atom. The lowest BCUT2D eigenvalue weighted by Gasteiger charge is -2.31. The quantitative estimate of drug-likeness (QED) is 0.164. The number of aliphatic hydroxyl groups is 1. The Morgan fingerprint density at radius 3 is 2.43 bits per heavy atom. The van der Waals surface area contributed by atoms with Gasteiger partial charge in [0.15, 0.2) is 11.6 Å². The minimum Gasteiger partial charge on any atom is -0.494 e. The molecule has 0 saturated heterocycles. The van der Waals surface area contributed by atoms with Crippen LogP contribution in [0.25, 0.3) is 0 Å². The zero-order valence-corrected chi connectivity index (χ0v) is 25.7. The number of carbonyl (C=O) groups excluding carboxylic acids is 1. The zero-order chi connectivity index (χ0) is 29.5. The molecule has 0 unspecified atom stereocenters. The predicted octanol–water partition coefficient (Wildman–Crippen LogP) is 7.33. The molecule has 1 aliphatic heterocycles. The van der Waals surface area contributed by atoms with E-state index in [1.165, 1.54) is 0 Å². The second kappa shape index (κ2) is 13.7. The van der Waals surface area contributed by atoms with E-state index >= 15 is 0 Å². The normalized spacial score (nSPS) is 17.8. The van der Waals surface area contributed by atoms with E-state index in [1.807, 2.05) is 78.9 Å². The molecule has 2 N–H and O–H groups in total. The van der Waals surface area contributed by atoms with Gasteiger partial charge >= 0.3 is 0 Å². The monoisotopic (exact) mass is 666 g/mol. The van der Waals surface area contributed by atoms with E-state index in [1.54, 1.807) is 18.2 Å². The molecule has 4 aromatic rings. The minimum absolute atomic E-state index is 0.0654. The number of ether oxygens (including phenoxy) is 2. The number of benzene rings is 4. The molecule has 0 aromatic heterocycles. The van der Waals surface area contributed by atoms with Crippen molar-refractivity contribution in [1.82, 2.24) is 5.32 Å². The highest BCUT2D eigenvalue weighted by Crippen LogP contribution is 2.43. The number of hydrogen-bond donors (Lipinski definition) is 2. The average Bonchev–Trinajstić information content (AvgIpc) is 3.38. The molecule has 0 saturated carbocycles. The largest absolute Gasteiger partial charge is 0.494 e. The molecule has 0 fully saturated rings. The standard InChI is InChI=1S/C33H29BrCl2N2O4/c34-26-12-7-23(8-13-26)30-33(20-22-5-2-1-3-6-22,32(40)37-21-25-9-14-27(35)19-29(25)36)38-31(42-30)24-10-15-28(16-11-24)41-18-4-17-39/h1-3,5-16,19,30,39H,4,17-18,20-21H2,(H,37,40)/t30-,33-/m1/s1. The summed E-state index contributed by atoms with van der Waals surface area (Å²) >= 11 is 16.0. The third-order valence-corrected chi connectivity index (χ3v) is 8.09. The number of carbonyl (C=O) groups is 1. The Morgan fingerprint density at radius 1 is 1.00 bits per heavy atom. The van der Waals surface area contributed by atoms with Gasteiger partial charge in [0.05, 0.1) is 6.61 Å². The molecule has 0 aliphatic carbocycles. The van der Waals surface area contributed by atoms with Crippen molar-refractivity contribution in [1.29, 1.82) is 0 Å². The molecular formula is C33H29BrCl2N2O4. The summed E-state index contributed by atoms with van der Waals surface area (Å²) in [6, 6.07) is 30.1. The lowest BCUT2D eigenvalue weighted by Crippen LogP contribution is -2.49. The van der Waals surface area contributed by atoms with Gasteiger partial charge in [-0.3, -0.25) is 4.79 Å². The molecule has 1 aliphatic rings. The summed E-state index contributed by atoms with van der Waals surface area (Å²) in [6.07, 6.45) is 0.146. The number of nitrogens with one attached hydrogen (secondary N) is 1. The van der Waals surface area contributed by atoms with Crippen LogP contribution in [0.3, 0.4) is 0 Å². The molecule has 5 rings (SSSR count). The first-order valence-electron chi connectivity index (χ1n) is 13.5. The number of aliphatic hydroxyl groups excluding tert-OH is 1. The number of rotatable bonds is 11. The predicted molar refractivity (Wildman–Crippen MR) is 169 cm³/mol. The summed E-state index contributed by atoms with van der Waals surface area (Å²) in [7, 11) is 0. The van der Waals surface area contributed by atoms with E-state index in [4.69, 9.17) is 42.8 Å². The van der Waals surface area contributed by atoms with Crippen LogP contribution in [0.15, 0.2) is 107 Å². The lowest BCUT2D eigenvalue weighted by molar-refractivity contribution is -0.129. The number of halogens is 3. The van der Waals surface area contributed by atoms with Crippen LogP contribution >= 0.6 is 39.1 Å². The number of nitrogens with zero attached hydrogens (tertiary/aromatic N) is 1. The summed E-state index contributed by atoms with van der Waals surface area (Å²) < 4.78 is 13.2. The van der Waals surface area contributed by atoms with Crippen molar-refractivity contribution < 1.29 is 19.4 Å². The van der Waals surface area contributed by atoms with Crippen LogP contribution in [-0.2, 0) is 22.5 Å². The fourth-order valence-electron chi connectivity index (χ4n) is 4.82. The molecule has 216 valence electrons. The van der Waals surface area contributed by atoms with Crippen LogP contribution in [0.1, 0.15) is 34.8 Å². The molecule has 0 radical (unpaired) electrons. The van der Waals surface area contributed by atoms with Gasteiger partial charge in [-0.2, -0.15) is 0 Å². The Balaban J connectivity index is 1.54. The van der Waals surface area contributed by atoms with E-state index in [0.717, 1.165) is 26.7 Å². The van der Waals surface area contributed by atoms with E-state index < -0.39 is 11.6 Å². The van der Waals surface area contributed by atoms with Crippen LogP contribution in [0.2, 0.25) is 10.0 Å². The minimum atomic E-state index is -1.32. The van der Waals surface area contributed by atoms with Crippen molar-refractivity contribution >= 4 is 50.9 Å². The van der Waals surface area contributed by atoms with Crippen LogP contribution < -0.4 is 10.1 Å². The number of amides is 1. The van der Waals surface area contributed by atoms with E-state index in [0.29, 0.717) is 41.1 Å². The van der Waals surface area contributed by atoms with Crippen LogP contribution in [-0.4, -0.2) is 35.7 Å². The Bertz CT molecular complexity index is 1550. The molecule has 9 heteroatoms. The van der Waals surface area contributed by atoms with E-state index in [2.05, 4.69) is 21.2 Å². The van der Waals surface area contributed by atoms with Gasteiger partial charge in [0.1, 0.15) is 5.75 Å². The highest BCUT2D eigenvalue weighted by atomic mass is 79.9. The SMILES string of the molecule is O=C(NCc1ccc(Cl)cc1Cl)[C@]1(Cc2ccccc2)N=C(c2ccc(OCCCO)cc2)O[C@@H]1c1ccc(Br)cc1. The first kappa shape index (κ1) is 30.1. The third kappa shape index (κ3) is 6.98. The summed E-state index contributed by atoms with van der Waals surface area (Å²) in [5, 5.41) is 13.1. The molecule has 0 spiro atoms. The van der Waals surface area contributed by atoms with Gasteiger partial charge in [-0.05, 0) is 65.2 Å². The topological polar surface area (TPSA) is 80.2 Å². The van der Waals surface area contributed by atoms with E-state index in [9.17, 15) is 4.79 Å². The first-order chi connectivity index (χ1) is 20.4. The second-order valence-corrected chi connectivity index (χ2v) is 11.7. The lowest BCUT2D eigenvalue weighted by atomic mass is 9.82. The molecule has 42 heavy (non-hydrogen) atoms. The number of aliphatic imine (C=N–C) groups is 1. The summed E-state index contributed by atoms with van der Waals surface area (Å²) in [5.41, 5.74) is 1.90. The van der Waals surface area contributed by atoms with Crippen molar-refractivity contribution in [2.24, 2.45) is 4.99 Å². The summed E-state index contributed by atoms with van der Waals surface area (Å²) in [4.78, 5) is 19.4. The fourth-order valence-corrected chi connectivity index (χ4v) is 5.56. The Hall–Kier alpha value is -3.36. The molecule has 0 bridgehead atoms. The van der Waals surface area contributed by atoms with Gasteiger partial charge in [0, 0.05) is 46.1 Å². The summed E-state index contributed by atoms with van der Waals surface area (Å²) in [6.45, 7) is 0.677. The van der Waals surface area contributed by atoms with Crippen molar-refractivity contribution in [3.63, 3.8) is 0 Å². The van der Waals surface area contributed by atoms with Crippen LogP contribution in [0, 0.1) is 0 Å². The van der Waals surface area contributed by atoms with Crippen molar-refractivity contribution in [3.8, 4) is 5.75 Å². The Labute approximate surface area is 263 Å². The average molecular weight is 668 g/mol. The van der Waals surface area contributed by atoms with Crippen molar-refractivity contribution in [3.05, 3.63) is 134 Å². The molecule has 1 heterocycles. The fraction of sp³-hybridized carbons (Fsp3) is 0.212. The van der Waals surface area contributed by atoms with Gasteiger partial charge in [-0.25, -0.2) is 4.99 Å². The van der Waals surface area contributed by atoms with Gasteiger partial charge in [-0.15, -0.1) is 0 Å². The molecular weight excluding hydrogens is 639 g/mol. The smallest absolute Gasteiger partial charge is 0.252 e.